The average molecular weight is 223 g/mol. The van der Waals surface area contributed by atoms with Crippen molar-refractivity contribution in [3.05, 3.63) is 11.8 Å². The van der Waals surface area contributed by atoms with E-state index in [4.69, 9.17) is 5.73 Å². The lowest BCUT2D eigenvalue weighted by Gasteiger charge is -2.21. The second-order valence-electron chi connectivity index (χ2n) is 4.25. The summed E-state index contributed by atoms with van der Waals surface area (Å²) in [4.78, 5) is 10.4. The molecule has 0 radical (unpaired) electrons. The molecule has 0 amide bonds. The molecule has 1 aromatic rings. The van der Waals surface area contributed by atoms with Gasteiger partial charge in [-0.3, -0.25) is 0 Å². The topological polar surface area (TPSA) is 67.1 Å². The van der Waals surface area contributed by atoms with Crippen molar-refractivity contribution in [3.8, 4) is 0 Å². The van der Waals surface area contributed by atoms with E-state index in [0.717, 1.165) is 24.6 Å². The fraction of sp³-hybridized carbons (Fsp3) is 0.636. The second-order valence-corrected chi connectivity index (χ2v) is 4.25. The Bertz CT molecular complexity index is 317. The number of aryl methyl sites for hydroxylation is 1. The molecule has 0 aliphatic carbocycles. The molecule has 0 spiro atoms. The van der Waals surface area contributed by atoms with Crippen LogP contribution in [0, 0.1) is 6.92 Å². The number of nitrogens with zero attached hydrogens (tertiary/aromatic N) is 3. The van der Waals surface area contributed by atoms with Gasteiger partial charge in [-0.15, -0.1) is 0 Å². The summed E-state index contributed by atoms with van der Waals surface area (Å²) in [6, 6.07) is 2.45. The third kappa shape index (κ3) is 4.02. The third-order valence-corrected chi connectivity index (χ3v) is 2.52. The fourth-order valence-corrected chi connectivity index (χ4v) is 1.30. The molecule has 0 aromatic carbocycles. The number of nitrogens with one attached hydrogen (secondary N) is 1. The van der Waals surface area contributed by atoms with E-state index in [2.05, 4.69) is 41.1 Å². The number of rotatable bonds is 5. The average Bonchev–Trinajstić information content (AvgIpc) is 2.15. The molecule has 5 heteroatoms. The Kier molecular flexibility index (Phi) is 4.49. The van der Waals surface area contributed by atoms with Crippen LogP contribution in [0.4, 0.5) is 11.8 Å². The van der Waals surface area contributed by atoms with E-state index in [1.165, 1.54) is 0 Å². The lowest BCUT2D eigenvalue weighted by Crippen LogP contribution is -2.31. The van der Waals surface area contributed by atoms with Crippen molar-refractivity contribution in [1.82, 2.24) is 14.9 Å². The standard InChI is InChI=1S/C11H21N5/c1-8(2)16(4)6-5-13-10-7-9(3)14-11(12)15-10/h7-8H,5-6H2,1-4H3,(H3,12,13,14,15). The van der Waals surface area contributed by atoms with Crippen LogP contribution in [0.2, 0.25) is 0 Å². The van der Waals surface area contributed by atoms with Gasteiger partial charge < -0.3 is 16.0 Å². The molecule has 0 saturated carbocycles. The second kappa shape index (κ2) is 5.65. The summed E-state index contributed by atoms with van der Waals surface area (Å²) in [5.41, 5.74) is 6.45. The van der Waals surface area contributed by atoms with E-state index in [9.17, 15) is 0 Å². The first-order chi connectivity index (χ1) is 7.49. The Balaban J connectivity index is 2.43. The van der Waals surface area contributed by atoms with Crippen molar-refractivity contribution in [2.75, 3.05) is 31.2 Å². The number of aromatic nitrogens is 2. The zero-order chi connectivity index (χ0) is 12.1. The quantitative estimate of drug-likeness (QED) is 0.783. The van der Waals surface area contributed by atoms with Gasteiger partial charge in [-0.1, -0.05) is 0 Å². The van der Waals surface area contributed by atoms with Crippen LogP contribution in [-0.4, -0.2) is 41.0 Å². The molecular weight excluding hydrogens is 202 g/mol. The van der Waals surface area contributed by atoms with Gasteiger partial charge in [0.25, 0.3) is 0 Å². The molecule has 0 saturated heterocycles. The predicted octanol–water partition coefficient (Wildman–Crippen LogP) is 1.12. The zero-order valence-corrected chi connectivity index (χ0v) is 10.5. The normalized spacial score (nSPS) is 11.1. The minimum atomic E-state index is 0.319. The number of anilines is 2. The van der Waals surface area contributed by atoms with Crippen molar-refractivity contribution in [2.24, 2.45) is 0 Å². The Morgan fingerprint density at radius 2 is 2.12 bits per heavy atom. The van der Waals surface area contributed by atoms with Gasteiger partial charge in [0.1, 0.15) is 5.82 Å². The van der Waals surface area contributed by atoms with Gasteiger partial charge in [0, 0.05) is 30.9 Å². The maximum atomic E-state index is 5.57. The van der Waals surface area contributed by atoms with E-state index in [1.807, 2.05) is 13.0 Å². The first kappa shape index (κ1) is 12.7. The minimum Gasteiger partial charge on any atom is -0.369 e. The van der Waals surface area contributed by atoms with Crippen molar-refractivity contribution in [1.29, 1.82) is 0 Å². The maximum Gasteiger partial charge on any atom is 0.222 e. The van der Waals surface area contributed by atoms with E-state index in [1.54, 1.807) is 0 Å². The molecule has 0 bridgehead atoms. The molecule has 0 atom stereocenters. The van der Waals surface area contributed by atoms with E-state index >= 15 is 0 Å². The molecule has 1 rings (SSSR count). The van der Waals surface area contributed by atoms with Gasteiger partial charge in [0.2, 0.25) is 5.95 Å². The van der Waals surface area contributed by atoms with Gasteiger partial charge in [0.05, 0.1) is 0 Å². The maximum absolute atomic E-state index is 5.57. The summed E-state index contributed by atoms with van der Waals surface area (Å²) >= 11 is 0. The Morgan fingerprint density at radius 3 is 2.69 bits per heavy atom. The number of hydrogen-bond donors (Lipinski definition) is 2. The van der Waals surface area contributed by atoms with Gasteiger partial charge >= 0.3 is 0 Å². The number of hydrogen-bond acceptors (Lipinski definition) is 5. The first-order valence-corrected chi connectivity index (χ1v) is 5.54. The van der Waals surface area contributed by atoms with E-state index in [-0.39, 0.29) is 0 Å². The van der Waals surface area contributed by atoms with Gasteiger partial charge in [-0.05, 0) is 27.8 Å². The Hall–Kier alpha value is -1.36. The highest BCUT2D eigenvalue weighted by atomic mass is 15.1. The zero-order valence-electron chi connectivity index (χ0n) is 10.5. The van der Waals surface area contributed by atoms with E-state index < -0.39 is 0 Å². The molecule has 1 heterocycles. The highest BCUT2D eigenvalue weighted by molar-refractivity contribution is 5.40. The highest BCUT2D eigenvalue weighted by Crippen LogP contribution is 2.06. The number of nitrogen functional groups attached to an aromatic ring is 1. The summed E-state index contributed by atoms with van der Waals surface area (Å²) in [6.07, 6.45) is 0. The largest absolute Gasteiger partial charge is 0.369 e. The first-order valence-electron chi connectivity index (χ1n) is 5.54. The summed E-state index contributed by atoms with van der Waals surface area (Å²) in [7, 11) is 2.10. The molecule has 3 N–H and O–H groups in total. The van der Waals surface area contributed by atoms with Crippen LogP contribution in [0.25, 0.3) is 0 Å². The van der Waals surface area contributed by atoms with Crippen LogP contribution in [0.15, 0.2) is 6.07 Å². The van der Waals surface area contributed by atoms with Crippen LogP contribution in [-0.2, 0) is 0 Å². The molecule has 0 fully saturated rings. The molecule has 5 nitrogen and oxygen atoms in total. The van der Waals surface area contributed by atoms with Crippen LogP contribution >= 0.6 is 0 Å². The monoisotopic (exact) mass is 223 g/mol. The SMILES string of the molecule is Cc1cc(NCCN(C)C(C)C)nc(N)n1. The lowest BCUT2D eigenvalue weighted by atomic mass is 10.3. The van der Waals surface area contributed by atoms with Crippen molar-refractivity contribution in [2.45, 2.75) is 26.8 Å². The van der Waals surface area contributed by atoms with Gasteiger partial charge in [-0.2, -0.15) is 4.98 Å². The Morgan fingerprint density at radius 1 is 1.44 bits per heavy atom. The molecule has 16 heavy (non-hydrogen) atoms. The minimum absolute atomic E-state index is 0.319. The molecule has 0 aliphatic rings. The lowest BCUT2D eigenvalue weighted by molar-refractivity contribution is 0.284. The van der Waals surface area contributed by atoms with Crippen molar-refractivity contribution < 1.29 is 0 Å². The molecular formula is C11H21N5. The molecule has 90 valence electrons. The summed E-state index contributed by atoms with van der Waals surface area (Å²) in [5, 5.41) is 3.24. The fourth-order valence-electron chi connectivity index (χ4n) is 1.30. The highest BCUT2D eigenvalue weighted by Gasteiger charge is 2.03. The van der Waals surface area contributed by atoms with Crippen molar-refractivity contribution in [3.63, 3.8) is 0 Å². The smallest absolute Gasteiger partial charge is 0.222 e. The molecule has 0 aliphatic heterocycles. The number of nitrogens with two attached hydrogens (primary N) is 1. The summed E-state index contributed by atoms with van der Waals surface area (Å²) in [5.74, 6) is 1.11. The summed E-state index contributed by atoms with van der Waals surface area (Å²) < 4.78 is 0. The molecule has 0 unspecified atom stereocenters. The Labute approximate surface area is 97.1 Å². The summed E-state index contributed by atoms with van der Waals surface area (Å²) in [6.45, 7) is 8.08. The number of likely N-dealkylation sites (N-methyl/N-ethyl adjacent to an activating group) is 1. The molecule has 1 aromatic heterocycles. The van der Waals surface area contributed by atoms with Crippen molar-refractivity contribution >= 4 is 11.8 Å². The van der Waals surface area contributed by atoms with Crippen LogP contribution in [0.3, 0.4) is 0 Å². The predicted molar refractivity (Wildman–Crippen MR) is 67.4 cm³/mol. The van der Waals surface area contributed by atoms with Gasteiger partial charge in [0.15, 0.2) is 0 Å². The third-order valence-electron chi connectivity index (χ3n) is 2.52. The van der Waals surface area contributed by atoms with Gasteiger partial charge in [-0.25, -0.2) is 4.98 Å². The van der Waals surface area contributed by atoms with E-state index in [0.29, 0.717) is 12.0 Å². The van der Waals surface area contributed by atoms with Crippen LogP contribution in [0.1, 0.15) is 19.5 Å². The van der Waals surface area contributed by atoms with Crippen LogP contribution < -0.4 is 11.1 Å². The van der Waals surface area contributed by atoms with Crippen LogP contribution in [0.5, 0.6) is 0 Å².